The van der Waals surface area contributed by atoms with Crippen molar-refractivity contribution in [2.24, 2.45) is 0 Å². The SMILES string of the molecule is Fc1cc(F)c(-n2cnnc2CCl)c(Cl)c1. The van der Waals surface area contributed by atoms with Gasteiger partial charge in [0.05, 0.1) is 10.9 Å². The smallest absolute Gasteiger partial charge is 0.152 e. The zero-order valence-electron chi connectivity index (χ0n) is 7.79. The highest BCUT2D eigenvalue weighted by molar-refractivity contribution is 6.32. The molecular weight excluding hydrogens is 259 g/mol. The molecule has 0 atom stereocenters. The lowest BCUT2D eigenvalue weighted by molar-refractivity contribution is 0.577. The monoisotopic (exact) mass is 263 g/mol. The van der Waals surface area contributed by atoms with Crippen LogP contribution in [0.1, 0.15) is 5.82 Å². The van der Waals surface area contributed by atoms with Crippen LogP contribution in [0.3, 0.4) is 0 Å². The van der Waals surface area contributed by atoms with Crippen LogP contribution in [0, 0.1) is 11.6 Å². The van der Waals surface area contributed by atoms with Gasteiger partial charge in [0.2, 0.25) is 0 Å². The first-order valence-corrected chi connectivity index (χ1v) is 5.14. The largest absolute Gasteiger partial charge is 0.280 e. The molecule has 2 aromatic rings. The third-order valence-corrected chi connectivity index (χ3v) is 2.49. The standard InChI is InChI=1S/C9H5Cl2F2N3/c10-3-8-15-14-4-16(8)9-6(11)1-5(12)2-7(9)13/h1-2,4H,3H2. The summed E-state index contributed by atoms with van der Waals surface area (Å²) in [5.74, 6) is -1.16. The van der Waals surface area contributed by atoms with Crippen molar-refractivity contribution >= 4 is 23.2 Å². The molecule has 0 spiro atoms. The quantitative estimate of drug-likeness (QED) is 0.781. The van der Waals surface area contributed by atoms with Crippen LogP contribution in [0.5, 0.6) is 0 Å². The summed E-state index contributed by atoms with van der Waals surface area (Å²) in [7, 11) is 0. The average molecular weight is 264 g/mol. The molecule has 0 N–H and O–H groups in total. The number of alkyl halides is 1. The van der Waals surface area contributed by atoms with Crippen LogP contribution in [0.25, 0.3) is 5.69 Å². The van der Waals surface area contributed by atoms with E-state index in [0.717, 1.165) is 12.1 Å². The van der Waals surface area contributed by atoms with Crippen molar-refractivity contribution in [1.29, 1.82) is 0 Å². The Balaban J connectivity index is 2.64. The predicted octanol–water partition coefficient (Wildman–Crippen LogP) is 2.94. The Morgan fingerprint density at radius 2 is 2.06 bits per heavy atom. The maximum Gasteiger partial charge on any atom is 0.152 e. The van der Waals surface area contributed by atoms with Gasteiger partial charge < -0.3 is 0 Å². The number of hydrogen-bond donors (Lipinski definition) is 0. The van der Waals surface area contributed by atoms with E-state index in [0.29, 0.717) is 5.82 Å². The van der Waals surface area contributed by atoms with Gasteiger partial charge in [0.25, 0.3) is 0 Å². The molecule has 0 amide bonds. The Kier molecular flexibility index (Phi) is 3.07. The van der Waals surface area contributed by atoms with Gasteiger partial charge >= 0.3 is 0 Å². The van der Waals surface area contributed by atoms with Crippen molar-refractivity contribution in [3.63, 3.8) is 0 Å². The van der Waals surface area contributed by atoms with Crippen molar-refractivity contribution < 1.29 is 8.78 Å². The number of hydrogen-bond acceptors (Lipinski definition) is 2. The van der Waals surface area contributed by atoms with Crippen molar-refractivity contribution in [3.8, 4) is 5.69 Å². The topological polar surface area (TPSA) is 30.7 Å². The van der Waals surface area contributed by atoms with Crippen LogP contribution >= 0.6 is 23.2 Å². The fraction of sp³-hybridized carbons (Fsp3) is 0.111. The van der Waals surface area contributed by atoms with E-state index in [1.807, 2.05) is 0 Å². The molecule has 1 aromatic heterocycles. The molecule has 0 radical (unpaired) electrons. The Morgan fingerprint density at radius 1 is 1.31 bits per heavy atom. The van der Waals surface area contributed by atoms with E-state index in [2.05, 4.69) is 10.2 Å². The average Bonchev–Trinajstić information content (AvgIpc) is 2.64. The fourth-order valence-electron chi connectivity index (χ4n) is 1.30. The second kappa shape index (κ2) is 4.35. The minimum absolute atomic E-state index is 0.0104. The van der Waals surface area contributed by atoms with Crippen LogP contribution in [0.2, 0.25) is 5.02 Å². The second-order valence-corrected chi connectivity index (χ2v) is 3.64. The van der Waals surface area contributed by atoms with Gasteiger partial charge in [0.15, 0.2) is 11.6 Å². The molecule has 0 aliphatic carbocycles. The maximum absolute atomic E-state index is 13.5. The zero-order valence-corrected chi connectivity index (χ0v) is 9.30. The Morgan fingerprint density at radius 3 is 2.69 bits per heavy atom. The molecular formula is C9H5Cl2F2N3. The van der Waals surface area contributed by atoms with Crippen LogP contribution in [0.4, 0.5) is 8.78 Å². The van der Waals surface area contributed by atoms with Crippen LogP contribution in [0.15, 0.2) is 18.5 Å². The number of nitrogens with zero attached hydrogens (tertiary/aromatic N) is 3. The highest BCUT2D eigenvalue weighted by atomic mass is 35.5. The summed E-state index contributed by atoms with van der Waals surface area (Å²) in [4.78, 5) is 0. The van der Waals surface area contributed by atoms with Gasteiger partial charge in [0.1, 0.15) is 17.8 Å². The Hall–Kier alpha value is -1.20. The van der Waals surface area contributed by atoms with Crippen LogP contribution in [-0.2, 0) is 5.88 Å². The fourth-order valence-corrected chi connectivity index (χ4v) is 1.77. The predicted molar refractivity (Wildman–Crippen MR) is 55.8 cm³/mol. The minimum Gasteiger partial charge on any atom is -0.280 e. The lowest BCUT2D eigenvalue weighted by Gasteiger charge is -2.08. The van der Waals surface area contributed by atoms with Crippen molar-refractivity contribution in [2.75, 3.05) is 0 Å². The van der Waals surface area contributed by atoms with Crippen molar-refractivity contribution in [2.45, 2.75) is 5.88 Å². The molecule has 0 saturated carbocycles. The molecule has 1 aromatic carbocycles. The number of aromatic nitrogens is 3. The molecule has 0 aliphatic rings. The molecule has 0 unspecified atom stereocenters. The molecule has 3 nitrogen and oxygen atoms in total. The first-order valence-electron chi connectivity index (χ1n) is 4.23. The Bertz CT molecular complexity index is 504. The summed E-state index contributed by atoms with van der Waals surface area (Å²) in [6, 6.07) is 1.75. The van der Waals surface area contributed by atoms with E-state index in [-0.39, 0.29) is 16.6 Å². The third kappa shape index (κ3) is 1.88. The third-order valence-electron chi connectivity index (χ3n) is 1.96. The number of benzene rings is 1. The summed E-state index contributed by atoms with van der Waals surface area (Å²) in [6.07, 6.45) is 1.26. The summed E-state index contributed by atoms with van der Waals surface area (Å²) in [5.41, 5.74) is -0.0104. The molecule has 0 aliphatic heterocycles. The van der Waals surface area contributed by atoms with E-state index in [1.54, 1.807) is 0 Å². The van der Waals surface area contributed by atoms with Crippen LogP contribution in [-0.4, -0.2) is 14.8 Å². The molecule has 0 fully saturated rings. The van der Waals surface area contributed by atoms with E-state index < -0.39 is 11.6 Å². The summed E-state index contributed by atoms with van der Waals surface area (Å²) in [5, 5.41) is 7.20. The molecule has 2 rings (SSSR count). The molecule has 84 valence electrons. The molecule has 7 heteroatoms. The molecule has 1 heterocycles. The molecule has 0 saturated heterocycles. The van der Waals surface area contributed by atoms with Gasteiger partial charge in [-0.1, -0.05) is 11.6 Å². The number of rotatable bonds is 2. The molecule has 0 bridgehead atoms. The van der Waals surface area contributed by atoms with Gasteiger partial charge in [-0.05, 0) is 6.07 Å². The molecule has 16 heavy (non-hydrogen) atoms. The van der Waals surface area contributed by atoms with Gasteiger partial charge in [0, 0.05) is 6.07 Å². The maximum atomic E-state index is 13.5. The Labute approximate surface area is 99.6 Å². The second-order valence-electron chi connectivity index (χ2n) is 2.97. The van der Waals surface area contributed by atoms with Crippen molar-refractivity contribution in [1.82, 2.24) is 14.8 Å². The summed E-state index contributed by atoms with van der Waals surface area (Å²) in [6.45, 7) is 0. The van der Waals surface area contributed by atoms with Crippen molar-refractivity contribution in [3.05, 3.63) is 40.9 Å². The zero-order chi connectivity index (χ0) is 11.7. The summed E-state index contributed by atoms with van der Waals surface area (Å²) >= 11 is 11.4. The normalized spacial score (nSPS) is 10.8. The van der Waals surface area contributed by atoms with E-state index in [1.165, 1.54) is 10.9 Å². The lowest BCUT2D eigenvalue weighted by atomic mass is 10.3. The number of halogens is 4. The highest BCUT2D eigenvalue weighted by Gasteiger charge is 2.15. The highest BCUT2D eigenvalue weighted by Crippen LogP contribution is 2.25. The van der Waals surface area contributed by atoms with Gasteiger partial charge in [-0.15, -0.1) is 21.8 Å². The van der Waals surface area contributed by atoms with Gasteiger partial charge in [-0.3, -0.25) is 4.57 Å². The van der Waals surface area contributed by atoms with Gasteiger partial charge in [-0.2, -0.15) is 0 Å². The first-order chi connectivity index (χ1) is 7.63. The van der Waals surface area contributed by atoms with E-state index >= 15 is 0 Å². The van der Waals surface area contributed by atoms with E-state index in [9.17, 15) is 8.78 Å². The van der Waals surface area contributed by atoms with Gasteiger partial charge in [-0.25, -0.2) is 8.78 Å². The lowest BCUT2D eigenvalue weighted by Crippen LogP contribution is -2.02. The first kappa shape index (κ1) is 11.3. The van der Waals surface area contributed by atoms with Crippen LogP contribution < -0.4 is 0 Å². The summed E-state index contributed by atoms with van der Waals surface area (Å²) < 4.78 is 27.7. The van der Waals surface area contributed by atoms with E-state index in [4.69, 9.17) is 23.2 Å². The minimum atomic E-state index is -0.795.